The third-order valence-electron chi connectivity index (χ3n) is 7.71. The molecule has 9 nitrogen and oxygen atoms in total. The SMILES string of the molecule is Cc1ccc2nc(C(=O)NC3CCC(n4c(=O)c5cc(F)cnc5n(C5CCSCC5)c4=O)CC3)cn2c1. The molecule has 1 N–H and O–H groups in total. The number of imidazole rings is 1. The van der Waals surface area contributed by atoms with Crippen LogP contribution in [0.15, 0.2) is 46.4 Å². The van der Waals surface area contributed by atoms with Gasteiger partial charge < -0.3 is 9.72 Å². The Hall–Kier alpha value is -3.47. The summed E-state index contributed by atoms with van der Waals surface area (Å²) in [5.41, 5.74) is 1.53. The zero-order valence-corrected chi connectivity index (χ0v) is 21.9. The topological polar surface area (TPSA) is 103 Å². The van der Waals surface area contributed by atoms with Gasteiger partial charge in [-0.1, -0.05) is 6.07 Å². The number of hydrogen-bond donors (Lipinski definition) is 1. The maximum atomic E-state index is 14.1. The average molecular weight is 537 g/mol. The zero-order valence-electron chi connectivity index (χ0n) is 21.1. The second-order valence-corrected chi connectivity index (χ2v) is 11.5. The molecule has 5 heterocycles. The number of fused-ring (bicyclic) bond motifs is 2. The van der Waals surface area contributed by atoms with Crippen LogP contribution in [0.25, 0.3) is 16.7 Å². The van der Waals surface area contributed by atoms with Gasteiger partial charge in [0.15, 0.2) is 0 Å². The number of nitrogens with one attached hydrogen (secondary N) is 1. The van der Waals surface area contributed by atoms with E-state index in [9.17, 15) is 18.8 Å². The molecule has 1 saturated heterocycles. The first kappa shape index (κ1) is 24.8. The number of rotatable bonds is 4. The Balaban J connectivity index is 1.24. The lowest BCUT2D eigenvalue weighted by atomic mass is 9.90. The summed E-state index contributed by atoms with van der Waals surface area (Å²) in [6.07, 6.45) is 8.67. The number of nitrogens with zero attached hydrogens (tertiary/aromatic N) is 5. The van der Waals surface area contributed by atoms with Crippen LogP contribution in [0, 0.1) is 12.7 Å². The number of pyridine rings is 2. The second kappa shape index (κ2) is 10.0. The quantitative estimate of drug-likeness (QED) is 0.427. The number of carbonyl (C=O) groups excluding carboxylic acids is 1. The molecule has 1 aliphatic carbocycles. The predicted octanol–water partition coefficient (Wildman–Crippen LogP) is 3.64. The first-order valence-corrected chi connectivity index (χ1v) is 14.2. The van der Waals surface area contributed by atoms with Crippen LogP contribution in [0.2, 0.25) is 0 Å². The smallest absolute Gasteiger partial charge is 0.333 e. The van der Waals surface area contributed by atoms with Crippen LogP contribution in [-0.4, -0.2) is 47.0 Å². The minimum Gasteiger partial charge on any atom is -0.348 e. The molecular formula is C27H29FN6O3S. The van der Waals surface area contributed by atoms with E-state index in [0.717, 1.165) is 36.1 Å². The minimum atomic E-state index is -0.598. The number of thioether (sulfide) groups is 1. The van der Waals surface area contributed by atoms with Crippen molar-refractivity contribution in [3.63, 3.8) is 0 Å². The summed E-state index contributed by atoms with van der Waals surface area (Å²) in [5.74, 6) is 1.02. The summed E-state index contributed by atoms with van der Waals surface area (Å²) in [7, 11) is 0. The second-order valence-electron chi connectivity index (χ2n) is 10.3. The van der Waals surface area contributed by atoms with Crippen LogP contribution in [0.5, 0.6) is 0 Å². The van der Waals surface area contributed by atoms with Crippen LogP contribution in [-0.2, 0) is 0 Å². The van der Waals surface area contributed by atoms with Crippen molar-refractivity contribution in [1.82, 2.24) is 28.8 Å². The fourth-order valence-corrected chi connectivity index (χ4v) is 6.83. The van der Waals surface area contributed by atoms with E-state index in [1.54, 1.807) is 10.8 Å². The Morgan fingerprint density at radius 3 is 2.53 bits per heavy atom. The van der Waals surface area contributed by atoms with Gasteiger partial charge in [-0.05, 0) is 74.7 Å². The molecule has 198 valence electrons. The van der Waals surface area contributed by atoms with Crippen molar-refractivity contribution in [3.8, 4) is 0 Å². The van der Waals surface area contributed by atoms with E-state index in [-0.39, 0.29) is 40.8 Å². The van der Waals surface area contributed by atoms with Crippen molar-refractivity contribution in [1.29, 1.82) is 0 Å². The Bertz CT molecular complexity index is 1650. The van der Waals surface area contributed by atoms with Crippen LogP contribution >= 0.6 is 11.8 Å². The molecule has 1 saturated carbocycles. The molecule has 0 radical (unpaired) electrons. The molecule has 11 heteroatoms. The van der Waals surface area contributed by atoms with Crippen molar-refractivity contribution < 1.29 is 9.18 Å². The number of aromatic nitrogens is 5. The molecule has 0 bridgehead atoms. The third-order valence-corrected chi connectivity index (χ3v) is 8.76. The van der Waals surface area contributed by atoms with E-state index in [2.05, 4.69) is 15.3 Å². The van der Waals surface area contributed by atoms with Crippen molar-refractivity contribution >= 4 is 34.3 Å². The van der Waals surface area contributed by atoms with Gasteiger partial charge in [0.05, 0.1) is 11.6 Å². The number of amides is 1. The average Bonchev–Trinajstić information content (AvgIpc) is 3.34. The zero-order chi connectivity index (χ0) is 26.4. The molecule has 1 amide bonds. The lowest BCUT2D eigenvalue weighted by Gasteiger charge is -2.31. The van der Waals surface area contributed by atoms with E-state index < -0.39 is 11.4 Å². The van der Waals surface area contributed by atoms with Crippen molar-refractivity contribution in [2.45, 2.75) is 63.6 Å². The molecule has 0 aromatic carbocycles. The highest BCUT2D eigenvalue weighted by molar-refractivity contribution is 7.99. The molecule has 4 aromatic heterocycles. The maximum Gasteiger partial charge on any atom is 0.333 e. The van der Waals surface area contributed by atoms with Gasteiger partial charge >= 0.3 is 5.69 Å². The number of halogens is 1. The molecule has 4 aromatic rings. The highest BCUT2D eigenvalue weighted by atomic mass is 32.2. The van der Waals surface area contributed by atoms with Gasteiger partial charge in [0.1, 0.15) is 22.8 Å². The predicted molar refractivity (Wildman–Crippen MR) is 145 cm³/mol. The van der Waals surface area contributed by atoms with E-state index in [1.807, 2.05) is 41.4 Å². The van der Waals surface area contributed by atoms with E-state index in [1.165, 1.54) is 10.6 Å². The summed E-state index contributed by atoms with van der Waals surface area (Å²) in [4.78, 5) is 48.7. The van der Waals surface area contributed by atoms with Gasteiger partial charge in [-0.3, -0.25) is 18.7 Å². The molecule has 2 aliphatic rings. The number of aryl methyl sites for hydroxylation is 1. The number of carbonyl (C=O) groups is 1. The van der Waals surface area contributed by atoms with Crippen LogP contribution in [0.4, 0.5) is 4.39 Å². The summed E-state index contributed by atoms with van der Waals surface area (Å²) < 4.78 is 18.9. The van der Waals surface area contributed by atoms with Crippen LogP contribution in [0.1, 0.15) is 66.7 Å². The summed E-state index contributed by atoms with van der Waals surface area (Å²) in [6, 6.07) is 4.54. The first-order valence-electron chi connectivity index (χ1n) is 13.1. The fraction of sp³-hybridized carbons (Fsp3) is 0.444. The van der Waals surface area contributed by atoms with Crippen LogP contribution in [0.3, 0.4) is 0 Å². The number of hydrogen-bond acceptors (Lipinski definition) is 6. The molecule has 0 unspecified atom stereocenters. The summed E-state index contributed by atoms with van der Waals surface area (Å²) in [5, 5.41) is 3.20. The van der Waals surface area contributed by atoms with Gasteiger partial charge in [-0.15, -0.1) is 0 Å². The van der Waals surface area contributed by atoms with Crippen molar-refractivity contribution in [2.75, 3.05) is 11.5 Å². The summed E-state index contributed by atoms with van der Waals surface area (Å²) in [6.45, 7) is 1.98. The molecule has 38 heavy (non-hydrogen) atoms. The third kappa shape index (κ3) is 4.53. The molecule has 0 spiro atoms. The van der Waals surface area contributed by atoms with Gasteiger partial charge in [0.25, 0.3) is 11.5 Å². The monoisotopic (exact) mass is 536 g/mol. The Morgan fingerprint density at radius 2 is 1.76 bits per heavy atom. The molecule has 0 atom stereocenters. The van der Waals surface area contributed by atoms with Crippen LogP contribution < -0.4 is 16.6 Å². The maximum absolute atomic E-state index is 14.1. The first-order chi connectivity index (χ1) is 18.4. The molecular weight excluding hydrogens is 507 g/mol. The van der Waals surface area contributed by atoms with Crippen molar-refractivity contribution in [3.05, 3.63) is 74.7 Å². The lowest BCUT2D eigenvalue weighted by Crippen LogP contribution is -2.46. The summed E-state index contributed by atoms with van der Waals surface area (Å²) >= 11 is 1.84. The molecule has 1 aliphatic heterocycles. The largest absolute Gasteiger partial charge is 0.348 e. The van der Waals surface area contributed by atoms with Gasteiger partial charge in [-0.2, -0.15) is 11.8 Å². The lowest BCUT2D eigenvalue weighted by molar-refractivity contribution is 0.0917. The minimum absolute atomic E-state index is 0.0686. The van der Waals surface area contributed by atoms with E-state index >= 15 is 0 Å². The van der Waals surface area contributed by atoms with Gasteiger partial charge in [0.2, 0.25) is 0 Å². The Kier molecular flexibility index (Phi) is 6.55. The highest BCUT2D eigenvalue weighted by Gasteiger charge is 2.30. The molecule has 2 fully saturated rings. The van der Waals surface area contributed by atoms with Gasteiger partial charge in [0, 0.05) is 30.5 Å². The standard InChI is InChI=1S/C27H29FN6O3S/c1-16-2-7-23-31-22(15-32(23)14-16)25(35)30-18-3-5-19(6-4-18)34-26(36)21-12-17(28)13-29-24(21)33(27(34)37)20-8-10-38-11-9-20/h2,7,12-15,18-20H,3-6,8-11H2,1H3,(H,30,35). The normalized spacial score (nSPS) is 20.7. The molecule has 6 rings (SSSR count). The highest BCUT2D eigenvalue weighted by Crippen LogP contribution is 2.30. The Labute approximate surface area is 222 Å². The Morgan fingerprint density at radius 1 is 1.03 bits per heavy atom. The van der Waals surface area contributed by atoms with E-state index in [4.69, 9.17) is 0 Å². The van der Waals surface area contributed by atoms with Gasteiger partial charge in [-0.25, -0.2) is 19.2 Å². The van der Waals surface area contributed by atoms with Crippen molar-refractivity contribution in [2.24, 2.45) is 0 Å². The fourth-order valence-electron chi connectivity index (χ4n) is 5.75. The van der Waals surface area contributed by atoms with E-state index in [0.29, 0.717) is 37.0 Å².